The maximum Gasteiger partial charge on any atom is 0.145 e. The normalized spacial score (nSPS) is 11.1. The predicted molar refractivity (Wildman–Crippen MR) is 65.0 cm³/mol. The Morgan fingerprint density at radius 2 is 2.06 bits per heavy atom. The standard InChI is InChI=1S/C12H12N4/c1-7-3-2-4-8-5-9(14-12(7)8)10-6-11(13)16-15-10/h2-6,14H,1H3,(H3,13,15,16). The van der Waals surface area contributed by atoms with E-state index in [9.17, 15) is 0 Å². The number of hydrogen-bond donors (Lipinski definition) is 3. The number of nitrogens with zero attached hydrogens (tertiary/aromatic N) is 1. The first kappa shape index (κ1) is 9.03. The highest BCUT2D eigenvalue weighted by atomic mass is 15.2. The van der Waals surface area contributed by atoms with E-state index in [2.05, 4.69) is 46.4 Å². The van der Waals surface area contributed by atoms with Gasteiger partial charge in [-0.05, 0) is 18.6 Å². The summed E-state index contributed by atoms with van der Waals surface area (Å²) in [5.41, 5.74) is 9.89. The number of H-pyrrole nitrogens is 2. The third kappa shape index (κ3) is 1.27. The second-order valence-electron chi connectivity index (χ2n) is 3.93. The van der Waals surface area contributed by atoms with Crippen LogP contribution in [0, 0.1) is 6.92 Å². The lowest BCUT2D eigenvalue weighted by Gasteiger charge is -1.93. The minimum Gasteiger partial charge on any atom is -0.382 e. The molecule has 0 saturated heterocycles. The lowest BCUT2D eigenvalue weighted by molar-refractivity contribution is 1.10. The van der Waals surface area contributed by atoms with Gasteiger partial charge in [-0.25, -0.2) is 0 Å². The molecule has 0 radical (unpaired) electrons. The van der Waals surface area contributed by atoms with Gasteiger partial charge in [0.2, 0.25) is 0 Å². The van der Waals surface area contributed by atoms with Crippen molar-refractivity contribution in [1.29, 1.82) is 0 Å². The predicted octanol–water partition coefficient (Wildman–Crippen LogP) is 2.45. The van der Waals surface area contributed by atoms with Gasteiger partial charge >= 0.3 is 0 Å². The van der Waals surface area contributed by atoms with Crippen LogP contribution in [0.25, 0.3) is 22.3 Å². The van der Waals surface area contributed by atoms with Crippen molar-refractivity contribution < 1.29 is 0 Å². The number of rotatable bonds is 1. The van der Waals surface area contributed by atoms with E-state index >= 15 is 0 Å². The Morgan fingerprint density at radius 3 is 2.75 bits per heavy atom. The molecule has 3 aromatic rings. The van der Waals surface area contributed by atoms with Crippen molar-refractivity contribution in [3.63, 3.8) is 0 Å². The highest BCUT2D eigenvalue weighted by molar-refractivity contribution is 5.87. The van der Waals surface area contributed by atoms with Gasteiger partial charge in [-0.2, -0.15) is 5.10 Å². The monoisotopic (exact) mass is 212 g/mol. The summed E-state index contributed by atoms with van der Waals surface area (Å²) in [6, 6.07) is 10.1. The number of aromatic amines is 2. The first-order valence-corrected chi connectivity index (χ1v) is 5.13. The fraction of sp³-hybridized carbons (Fsp3) is 0.0833. The molecule has 1 aromatic carbocycles. The Morgan fingerprint density at radius 1 is 1.19 bits per heavy atom. The molecule has 0 aliphatic heterocycles. The SMILES string of the molecule is Cc1cccc2cc(-c3cc(N)n[nH]3)[nH]c12. The molecule has 0 spiro atoms. The van der Waals surface area contributed by atoms with Gasteiger partial charge in [0.1, 0.15) is 5.82 Å². The Hall–Kier alpha value is -2.23. The number of nitrogens with one attached hydrogen (secondary N) is 2. The lowest BCUT2D eigenvalue weighted by Crippen LogP contribution is -1.81. The van der Waals surface area contributed by atoms with Gasteiger partial charge in [0, 0.05) is 17.0 Å². The van der Waals surface area contributed by atoms with E-state index in [1.165, 1.54) is 10.9 Å². The fourth-order valence-electron chi connectivity index (χ4n) is 1.93. The molecule has 3 rings (SSSR count). The summed E-state index contributed by atoms with van der Waals surface area (Å²) >= 11 is 0. The molecule has 4 nitrogen and oxygen atoms in total. The molecule has 16 heavy (non-hydrogen) atoms. The summed E-state index contributed by atoms with van der Waals surface area (Å²) in [5, 5.41) is 8.01. The van der Waals surface area contributed by atoms with Crippen LogP contribution in [0.2, 0.25) is 0 Å². The molecular formula is C12H12N4. The number of nitrogen functional groups attached to an aromatic ring is 1. The zero-order valence-electron chi connectivity index (χ0n) is 8.91. The molecule has 0 amide bonds. The quantitative estimate of drug-likeness (QED) is 0.579. The number of aromatic nitrogens is 3. The number of hydrogen-bond acceptors (Lipinski definition) is 2. The van der Waals surface area contributed by atoms with Crippen molar-refractivity contribution in [2.24, 2.45) is 0 Å². The molecule has 0 unspecified atom stereocenters. The van der Waals surface area contributed by atoms with Gasteiger partial charge in [-0.3, -0.25) is 5.10 Å². The van der Waals surface area contributed by atoms with E-state index in [0.29, 0.717) is 5.82 Å². The third-order valence-corrected chi connectivity index (χ3v) is 2.75. The molecule has 0 aliphatic rings. The molecule has 4 heteroatoms. The number of para-hydroxylation sites is 1. The van der Waals surface area contributed by atoms with Gasteiger partial charge in [0.05, 0.1) is 11.4 Å². The van der Waals surface area contributed by atoms with E-state index in [1.54, 1.807) is 0 Å². The Bertz CT molecular complexity index is 648. The van der Waals surface area contributed by atoms with Gasteiger partial charge in [-0.1, -0.05) is 18.2 Å². The van der Waals surface area contributed by atoms with Crippen molar-refractivity contribution in [3.05, 3.63) is 35.9 Å². The highest BCUT2D eigenvalue weighted by Gasteiger charge is 2.06. The Kier molecular flexibility index (Phi) is 1.77. The van der Waals surface area contributed by atoms with E-state index in [-0.39, 0.29) is 0 Å². The van der Waals surface area contributed by atoms with Crippen LogP contribution < -0.4 is 5.73 Å². The first-order chi connectivity index (χ1) is 7.74. The Balaban J connectivity index is 2.22. The smallest absolute Gasteiger partial charge is 0.145 e. The number of nitrogens with two attached hydrogens (primary N) is 1. The zero-order chi connectivity index (χ0) is 11.1. The first-order valence-electron chi connectivity index (χ1n) is 5.13. The Labute approximate surface area is 92.5 Å². The van der Waals surface area contributed by atoms with Crippen LogP contribution in [0.3, 0.4) is 0 Å². The molecule has 2 heterocycles. The van der Waals surface area contributed by atoms with Crippen molar-refractivity contribution >= 4 is 16.7 Å². The average molecular weight is 212 g/mol. The van der Waals surface area contributed by atoms with Crippen LogP contribution in [0.4, 0.5) is 5.82 Å². The van der Waals surface area contributed by atoms with Gasteiger partial charge in [-0.15, -0.1) is 0 Å². The van der Waals surface area contributed by atoms with Crippen LogP contribution in [-0.4, -0.2) is 15.2 Å². The number of aryl methyl sites for hydroxylation is 1. The second kappa shape index (κ2) is 3.13. The van der Waals surface area contributed by atoms with E-state index in [0.717, 1.165) is 16.9 Å². The van der Waals surface area contributed by atoms with Gasteiger partial charge in [0.25, 0.3) is 0 Å². The fourth-order valence-corrected chi connectivity index (χ4v) is 1.93. The van der Waals surface area contributed by atoms with Crippen LogP contribution in [0.15, 0.2) is 30.3 Å². The summed E-state index contributed by atoms with van der Waals surface area (Å²) in [7, 11) is 0. The van der Waals surface area contributed by atoms with Crippen LogP contribution in [0.5, 0.6) is 0 Å². The summed E-state index contributed by atoms with van der Waals surface area (Å²) < 4.78 is 0. The molecule has 80 valence electrons. The molecule has 0 saturated carbocycles. The lowest BCUT2D eigenvalue weighted by atomic mass is 10.2. The minimum atomic E-state index is 0.505. The molecule has 0 fully saturated rings. The molecule has 2 aromatic heterocycles. The van der Waals surface area contributed by atoms with Crippen LogP contribution >= 0.6 is 0 Å². The van der Waals surface area contributed by atoms with E-state index in [1.807, 2.05) is 6.07 Å². The summed E-state index contributed by atoms with van der Waals surface area (Å²) in [6.07, 6.45) is 0. The van der Waals surface area contributed by atoms with E-state index < -0.39 is 0 Å². The van der Waals surface area contributed by atoms with E-state index in [4.69, 9.17) is 5.73 Å². The number of anilines is 1. The second-order valence-corrected chi connectivity index (χ2v) is 3.93. The van der Waals surface area contributed by atoms with Gasteiger partial charge in [0.15, 0.2) is 0 Å². The highest BCUT2D eigenvalue weighted by Crippen LogP contribution is 2.25. The molecular weight excluding hydrogens is 200 g/mol. The molecule has 0 aliphatic carbocycles. The van der Waals surface area contributed by atoms with Crippen molar-refractivity contribution in [2.45, 2.75) is 6.92 Å². The van der Waals surface area contributed by atoms with Crippen molar-refractivity contribution in [1.82, 2.24) is 15.2 Å². The van der Waals surface area contributed by atoms with Crippen LogP contribution in [-0.2, 0) is 0 Å². The number of fused-ring (bicyclic) bond motifs is 1. The molecule has 0 bridgehead atoms. The number of benzene rings is 1. The maximum absolute atomic E-state index is 5.58. The zero-order valence-corrected chi connectivity index (χ0v) is 8.91. The largest absolute Gasteiger partial charge is 0.382 e. The van der Waals surface area contributed by atoms with Crippen molar-refractivity contribution in [3.8, 4) is 11.4 Å². The summed E-state index contributed by atoms with van der Waals surface area (Å²) in [4.78, 5) is 3.37. The third-order valence-electron chi connectivity index (χ3n) is 2.75. The van der Waals surface area contributed by atoms with Crippen molar-refractivity contribution in [2.75, 3.05) is 5.73 Å². The maximum atomic E-state index is 5.58. The molecule has 4 N–H and O–H groups in total. The average Bonchev–Trinajstić information content (AvgIpc) is 2.84. The topological polar surface area (TPSA) is 70.5 Å². The van der Waals surface area contributed by atoms with Crippen LogP contribution in [0.1, 0.15) is 5.56 Å². The minimum absolute atomic E-state index is 0.505. The van der Waals surface area contributed by atoms with Gasteiger partial charge < -0.3 is 10.7 Å². The summed E-state index contributed by atoms with van der Waals surface area (Å²) in [5.74, 6) is 0.505. The summed E-state index contributed by atoms with van der Waals surface area (Å²) in [6.45, 7) is 2.09. The molecule has 0 atom stereocenters.